The van der Waals surface area contributed by atoms with Crippen molar-refractivity contribution in [1.82, 2.24) is 10.2 Å². The van der Waals surface area contributed by atoms with Crippen molar-refractivity contribution in [2.24, 2.45) is 0 Å². The van der Waals surface area contributed by atoms with Crippen LogP contribution in [0.4, 0.5) is 10.1 Å². The molecule has 0 spiro atoms. The third kappa shape index (κ3) is 5.37. The quantitative estimate of drug-likeness (QED) is 0.753. The van der Waals surface area contributed by atoms with Gasteiger partial charge < -0.3 is 15.5 Å². The standard InChI is InChI=1S/C23H26FN3O2.ClH/c1-15(28)27-11-9-20(10-12-27)25-22-14-21(22)16-3-2-4-17(13-16)23(29)26-19-7-5-18(24)6-8-19;/h2-8,13,20-22,25H,9-12,14H2,1H3,(H,26,29);1H/t21-,22+;/m0./s1. The molecule has 0 unspecified atom stereocenters. The van der Waals surface area contributed by atoms with Crippen molar-refractivity contribution in [2.75, 3.05) is 18.4 Å². The SMILES string of the molecule is CC(=O)N1CCC(N[C@@H]2C[C@H]2c2cccc(C(=O)Nc3ccc(F)cc3)c2)CC1.Cl. The van der Waals surface area contributed by atoms with Gasteiger partial charge in [-0.05, 0) is 61.2 Å². The summed E-state index contributed by atoms with van der Waals surface area (Å²) in [6.07, 6.45) is 3.04. The lowest BCUT2D eigenvalue weighted by Gasteiger charge is -2.32. The number of anilines is 1. The van der Waals surface area contributed by atoms with E-state index in [0.29, 0.717) is 29.3 Å². The van der Waals surface area contributed by atoms with Crippen LogP contribution in [0.15, 0.2) is 48.5 Å². The number of hydrogen-bond acceptors (Lipinski definition) is 3. The fraction of sp³-hybridized carbons (Fsp3) is 0.391. The van der Waals surface area contributed by atoms with E-state index in [-0.39, 0.29) is 30.0 Å². The number of amides is 2. The number of nitrogens with zero attached hydrogens (tertiary/aromatic N) is 1. The molecule has 5 nitrogen and oxygen atoms in total. The zero-order valence-corrected chi connectivity index (χ0v) is 17.8. The summed E-state index contributed by atoms with van der Waals surface area (Å²) in [6, 6.07) is 14.4. The molecular weight excluding hydrogens is 405 g/mol. The minimum Gasteiger partial charge on any atom is -0.343 e. The first-order valence-electron chi connectivity index (χ1n) is 10.2. The van der Waals surface area contributed by atoms with Gasteiger partial charge in [0, 0.05) is 49.3 Å². The summed E-state index contributed by atoms with van der Waals surface area (Å²) in [5.74, 6) is 0.0485. The first-order valence-corrected chi connectivity index (χ1v) is 10.2. The average molecular weight is 432 g/mol. The number of carbonyl (C=O) groups excluding carboxylic acids is 2. The van der Waals surface area contributed by atoms with Crippen LogP contribution in [0.1, 0.15) is 48.0 Å². The molecule has 1 aliphatic carbocycles. The highest BCUT2D eigenvalue weighted by atomic mass is 35.5. The van der Waals surface area contributed by atoms with E-state index in [9.17, 15) is 14.0 Å². The van der Waals surface area contributed by atoms with E-state index in [1.54, 1.807) is 25.1 Å². The molecule has 7 heteroatoms. The maximum Gasteiger partial charge on any atom is 0.255 e. The van der Waals surface area contributed by atoms with Gasteiger partial charge in [0.15, 0.2) is 0 Å². The second kappa shape index (κ2) is 9.58. The lowest BCUT2D eigenvalue weighted by Crippen LogP contribution is -2.45. The van der Waals surface area contributed by atoms with E-state index in [4.69, 9.17) is 0 Å². The third-order valence-corrected chi connectivity index (χ3v) is 5.86. The van der Waals surface area contributed by atoms with Gasteiger partial charge in [-0.25, -0.2) is 4.39 Å². The Labute approximate surface area is 182 Å². The zero-order chi connectivity index (χ0) is 20.4. The monoisotopic (exact) mass is 431 g/mol. The number of nitrogens with one attached hydrogen (secondary N) is 2. The molecule has 2 amide bonds. The molecule has 2 aliphatic rings. The summed E-state index contributed by atoms with van der Waals surface area (Å²) in [5.41, 5.74) is 2.34. The Balaban J connectivity index is 0.00000256. The van der Waals surface area contributed by atoms with E-state index < -0.39 is 0 Å². The number of piperidine rings is 1. The van der Waals surface area contributed by atoms with Gasteiger partial charge in [0.25, 0.3) is 5.91 Å². The fourth-order valence-electron chi connectivity index (χ4n) is 4.06. The van der Waals surface area contributed by atoms with E-state index in [1.807, 2.05) is 17.0 Å². The molecule has 1 aliphatic heterocycles. The number of likely N-dealkylation sites (tertiary alicyclic amines) is 1. The summed E-state index contributed by atoms with van der Waals surface area (Å²) in [7, 11) is 0. The Kier molecular flexibility index (Phi) is 7.10. The van der Waals surface area contributed by atoms with Crippen LogP contribution >= 0.6 is 12.4 Å². The highest BCUT2D eigenvalue weighted by molar-refractivity contribution is 6.04. The largest absolute Gasteiger partial charge is 0.343 e. The Hall–Kier alpha value is -2.44. The molecule has 2 aromatic rings. The van der Waals surface area contributed by atoms with Crippen molar-refractivity contribution >= 4 is 29.9 Å². The molecule has 1 saturated carbocycles. The summed E-state index contributed by atoms with van der Waals surface area (Å²) in [6.45, 7) is 3.27. The first-order chi connectivity index (χ1) is 14.0. The summed E-state index contributed by atoms with van der Waals surface area (Å²) in [4.78, 5) is 25.9. The first kappa shape index (κ1) is 22.2. The second-order valence-electron chi connectivity index (χ2n) is 7.98. The maximum absolute atomic E-state index is 13.0. The smallest absolute Gasteiger partial charge is 0.255 e. The minimum absolute atomic E-state index is 0. The van der Waals surface area contributed by atoms with Gasteiger partial charge in [0.05, 0.1) is 0 Å². The number of halogens is 2. The molecule has 30 heavy (non-hydrogen) atoms. The number of carbonyl (C=O) groups is 2. The topological polar surface area (TPSA) is 61.4 Å². The van der Waals surface area contributed by atoms with Gasteiger partial charge in [0.2, 0.25) is 5.91 Å². The van der Waals surface area contributed by atoms with Crippen LogP contribution in [0.2, 0.25) is 0 Å². The van der Waals surface area contributed by atoms with Crippen LogP contribution in [0.3, 0.4) is 0 Å². The molecule has 2 aromatic carbocycles. The Morgan fingerprint density at radius 1 is 1.07 bits per heavy atom. The van der Waals surface area contributed by atoms with Crippen molar-refractivity contribution in [2.45, 2.75) is 44.2 Å². The Bertz CT molecular complexity index is 898. The molecule has 0 aromatic heterocycles. The average Bonchev–Trinajstić information content (AvgIpc) is 3.49. The van der Waals surface area contributed by atoms with Crippen molar-refractivity contribution in [3.05, 3.63) is 65.5 Å². The van der Waals surface area contributed by atoms with E-state index in [2.05, 4.69) is 16.7 Å². The van der Waals surface area contributed by atoms with Gasteiger partial charge in [-0.1, -0.05) is 12.1 Å². The highest BCUT2D eigenvalue weighted by Gasteiger charge is 2.40. The Morgan fingerprint density at radius 2 is 1.77 bits per heavy atom. The van der Waals surface area contributed by atoms with E-state index >= 15 is 0 Å². The summed E-state index contributed by atoms with van der Waals surface area (Å²) >= 11 is 0. The summed E-state index contributed by atoms with van der Waals surface area (Å²) < 4.78 is 13.0. The molecule has 2 N–H and O–H groups in total. The molecular formula is C23H27ClFN3O2. The lowest BCUT2D eigenvalue weighted by molar-refractivity contribution is -0.129. The zero-order valence-electron chi connectivity index (χ0n) is 16.9. The molecule has 0 bridgehead atoms. The molecule has 1 saturated heterocycles. The predicted molar refractivity (Wildman–Crippen MR) is 118 cm³/mol. The van der Waals surface area contributed by atoms with Crippen LogP contribution in [-0.2, 0) is 4.79 Å². The van der Waals surface area contributed by atoms with E-state index in [1.165, 1.54) is 12.1 Å². The highest BCUT2D eigenvalue weighted by Crippen LogP contribution is 2.41. The predicted octanol–water partition coefficient (Wildman–Crippen LogP) is 3.96. The van der Waals surface area contributed by atoms with Gasteiger partial charge in [-0.3, -0.25) is 9.59 Å². The van der Waals surface area contributed by atoms with E-state index in [0.717, 1.165) is 37.9 Å². The normalized spacial score (nSPS) is 20.9. The molecule has 160 valence electrons. The second-order valence-corrected chi connectivity index (χ2v) is 7.98. The van der Waals surface area contributed by atoms with Gasteiger partial charge in [0.1, 0.15) is 5.82 Å². The molecule has 0 radical (unpaired) electrons. The van der Waals surface area contributed by atoms with Crippen molar-refractivity contribution in [3.63, 3.8) is 0 Å². The number of benzene rings is 2. The van der Waals surface area contributed by atoms with Crippen LogP contribution in [-0.4, -0.2) is 41.9 Å². The Morgan fingerprint density at radius 3 is 2.43 bits per heavy atom. The van der Waals surface area contributed by atoms with Crippen LogP contribution in [0, 0.1) is 5.82 Å². The van der Waals surface area contributed by atoms with Gasteiger partial charge >= 0.3 is 0 Å². The van der Waals surface area contributed by atoms with Gasteiger partial charge in [-0.15, -0.1) is 12.4 Å². The minimum atomic E-state index is -0.329. The van der Waals surface area contributed by atoms with Crippen molar-refractivity contribution < 1.29 is 14.0 Å². The van der Waals surface area contributed by atoms with Crippen molar-refractivity contribution in [1.29, 1.82) is 0 Å². The molecule has 2 atom stereocenters. The molecule has 4 rings (SSSR count). The van der Waals surface area contributed by atoms with Crippen LogP contribution in [0.5, 0.6) is 0 Å². The van der Waals surface area contributed by atoms with Gasteiger partial charge in [-0.2, -0.15) is 0 Å². The fourth-order valence-corrected chi connectivity index (χ4v) is 4.06. The van der Waals surface area contributed by atoms with Crippen molar-refractivity contribution in [3.8, 4) is 0 Å². The summed E-state index contributed by atoms with van der Waals surface area (Å²) in [5, 5.41) is 6.53. The van der Waals surface area contributed by atoms with Crippen LogP contribution in [0.25, 0.3) is 0 Å². The van der Waals surface area contributed by atoms with Crippen LogP contribution < -0.4 is 10.6 Å². The number of hydrogen-bond donors (Lipinski definition) is 2. The molecule has 2 fully saturated rings. The third-order valence-electron chi connectivity index (χ3n) is 5.86. The maximum atomic E-state index is 13.0. The number of rotatable bonds is 5. The molecule has 1 heterocycles. The lowest BCUT2D eigenvalue weighted by atomic mass is 10.0.